The quantitative estimate of drug-likeness (QED) is 0.547. The number of hydrogen-bond acceptors (Lipinski definition) is 5. The number of ether oxygens (including phenoxy) is 3. The highest BCUT2D eigenvalue weighted by molar-refractivity contribution is 6.32. The van der Waals surface area contributed by atoms with Gasteiger partial charge in [0.2, 0.25) is 0 Å². The van der Waals surface area contributed by atoms with Crippen molar-refractivity contribution in [2.24, 2.45) is 0 Å². The van der Waals surface area contributed by atoms with Crippen LogP contribution in [-0.4, -0.2) is 32.6 Å². The summed E-state index contributed by atoms with van der Waals surface area (Å²) < 4.78 is 15.8. The van der Waals surface area contributed by atoms with Crippen LogP contribution >= 0.6 is 11.6 Å². The number of nitrogens with one attached hydrogen (secondary N) is 2. The van der Waals surface area contributed by atoms with Gasteiger partial charge in [-0.05, 0) is 42.3 Å². The minimum absolute atomic E-state index is 0.222. The normalized spacial score (nSPS) is 10.4. The molecule has 0 unspecified atom stereocenters. The zero-order valence-electron chi connectivity index (χ0n) is 15.7. The van der Waals surface area contributed by atoms with Gasteiger partial charge in [0.1, 0.15) is 5.75 Å². The van der Waals surface area contributed by atoms with Crippen molar-refractivity contribution >= 4 is 29.5 Å². The molecule has 0 heterocycles. The summed E-state index contributed by atoms with van der Waals surface area (Å²) in [4.78, 5) is 23.7. The third-order valence-corrected chi connectivity index (χ3v) is 3.94. The topological polar surface area (TPSA) is 85.9 Å². The van der Waals surface area contributed by atoms with Gasteiger partial charge in [0, 0.05) is 6.08 Å². The van der Waals surface area contributed by atoms with Crippen LogP contribution < -0.4 is 25.1 Å². The monoisotopic (exact) mass is 404 g/mol. The first-order chi connectivity index (χ1) is 13.4. The minimum atomic E-state index is -0.518. The summed E-state index contributed by atoms with van der Waals surface area (Å²) in [6.07, 6.45) is 2.78. The molecule has 0 saturated carbocycles. The second-order valence-corrected chi connectivity index (χ2v) is 6.07. The lowest BCUT2D eigenvalue weighted by molar-refractivity contribution is -0.128. The molecule has 0 radical (unpaired) electrons. The Morgan fingerprint density at radius 1 is 1.07 bits per heavy atom. The number of rotatable bonds is 7. The first-order valence-corrected chi connectivity index (χ1v) is 8.69. The average Bonchev–Trinajstić information content (AvgIpc) is 2.69. The molecule has 2 N–H and O–H groups in total. The summed E-state index contributed by atoms with van der Waals surface area (Å²) in [5.74, 6) is 0.451. The largest absolute Gasteiger partial charge is 0.493 e. The smallest absolute Gasteiger partial charge is 0.276 e. The predicted octanol–water partition coefficient (Wildman–Crippen LogP) is 2.91. The van der Waals surface area contributed by atoms with E-state index in [0.29, 0.717) is 27.8 Å². The SMILES string of the molecule is COc1cc(/C=C/C(=O)NNC(=O)COc2ccccc2C)cc(Cl)c1OC. The number of carbonyl (C=O) groups is 2. The van der Waals surface area contributed by atoms with Gasteiger partial charge in [-0.2, -0.15) is 0 Å². The van der Waals surface area contributed by atoms with Gasteiger partial charge in [0.25, 0.3) is 11.8 Å². The zero-order valence-corrected chi connectivity index (χ0v) is 16.5. The van der Waals surface area contributed by atoms with Crippen LogP contribution in [-0.2, 0) is 9.59 Å². The maximum atomic E-state index is 11.9. The molecule has 0 fully saturated rings. The van der Waals surface area contributed by atoms with Crippen molar-refractivity contribution in [3.8, 4) is 17.2 Å². The molecule has 2 aromatic carbocycles. The molecule has 0 aromatic heterocycles. The average molecular weight is 405 g/mol. The summed E-state index contributed by atoms with van der Waals surface area (Å²) >= 11 is 6.12. The van der Waals surface area contributed by atoms with Crippen LogP contribution in [0.1, 0.15) is 11.1 Å². The minimum Gasteiger partial charge on any atom is -0.493 e. The molecule has 0 aliphatic rings. The predicted molar refractivity (Wildman–Crippen MR) is 107 cm³/mol. The van der Waals surface area contributed by atoms with Crippen molar-refractivity contribution in [2.45, 2.75) is 6.92 Å². The summed E-state index contributed by atoms with van der Waals surface area (Å²) in [5.41, 5.74) is 6.09. The van der Waals surface area contributed by atoms with Gasteiger partial charge >= 0.3 is 0 Å². The molecule has 0 saturated heterocycles. The number of hydrogen-bond donors (Lipinski definition) is 2. The molecule has 7 nitrogen and oxygen atoms in total. The van der Waals surface area contributed by atoms with Gasteiger partial charge < -0.3 is 14.2 Å². The molecule has 2 aromatic rings. The number of methoxy groups -OCH3 is 2. The third-order valence-electron chi connectivity index (χ3n) is 3.66. The molecule has 0 atom stereocenters. The highest BCUT2D eigenvalue weighted by Crippen LogP contribution is 2.36. The van der Waals surface area contributed by atoms with Crippen LogP contribution in [0.4, 0.5) is 0 Å². The highest BCUT2D eigenvalue weighted by atomic mass is 35.5. The fraction of sp³-hybridized carbons (Fsp3) is 0.200. The fourth-order valence-corrected chi connectivity index (χ4v) is 2.57. The molecular formula is C20H21ClN2O5. The van der Waals surface area contributed by atoms with Gasteiger partial charge in [-0.1, -0.05) is 29.8 Å². The molecule has 8 heteroatoms. The third kappa shape index (κ3) is 5.92. The first kappa shape index (κ1) is 21.1. The van der Waals surface area contributed by atoms with E-state index < -0.39 is 11.8 Å². The van der Waals surface area contributed by atoms with Gasteiger partial charge in [-0.25, -0.2) is 0 Å². The Balaban J connectivity index is 1.86. The maximum absolute atomic E-state index is 11.9. The van der Waals surface area contributed by atoms with Crippen LogP contribution in [0.3, 0.4) is 0 Å². The summed E-state index contributed by atoms with van der Waals surface area (Å²) in [7, 11) is 2.97. The Bertz CT molecular complexity index is 883. The Hall–Kier alpha value is -3.19. The number of halogens is 1. The number of hydrazine groups is 1. The molecule has 28 heavy (non-hydrogen) atoms. The van der Waals surface area contributed by atoms with Gasteiger partial charge in [0.05, 0.1) is 19.2 Å². The first-order valence-electron chi connectivity index (χ1n) is 8.31. The Labute approximate surface area is 168 Å². The van der Waals surface area contributed by atoms with E-state index in [9.17, 15) is 9.59 Å². The van der Waals surface area contributed by atoms with Crippen molar-refractivity contribution in [3.63, 3.8) is 0 Å². The molecule has 0 aliphatic heterocycles. The fourth-order valence-electron chi connectivity index (χ4n) is 2.28. The second kappa shape index (κ2) is 10.2. The van der Waals surface area contributed by atoms with Gasteiger partial charge in [-0.3, -0.25) is 20.4 Å². The van der Waals surface area contributed by atoms with E-state index in [1.54, 1.807) is 18.2 Å². The van der Waals surface area contributed by atoms with E-state index in [2.05, 4.69) is 10.9 Å². The molecule has 2 amide bonds. The molecule has 0 spiro atoms. The van der Waals surface area contributed by atoms with Crippen molar-refractivity contribution < 1.29 is 23.8 Å². The lowest BCUT2D eigenvalue weighted by Crippen LogP contribution is -2.43. The molecule has 148 valence electrons. The van der Waals surface area contributed by atoms with Crippen molar-refractivity contribution in [2.75, 3.05) is 20.8 Å². The van der Waals surface area contributed by atoms with Gasteiger partial charge in [-0.15, -0.1) is 0 Å². The summed E-state index contributed by atoms with van der Waals surface area (Å²) in [6.45, 7) is 1.65. The Morgan fingerprint density at radius 3 is 2.50 bits per heavy atom. The Kier molecular flexibility index (Phi) is 7.71. The van der Waals surface area contributed by atoms with Crippen LogP contribution in [0.5, 0.6) is 17.2 Å². The molecule has 2 rings (SSSR count). The van der Waals surface area contributed by atoms with Crippen LogP contribution in [0.25, 0.3) is 6.08 Å². The Morgan fingerprint density at radius 2 is 1.82 bits per heavy atom. The van der Waals surface area contributed by atoms with Crippen molar-refractivity contribution in [3.05, 3.63) is 58.6 Å². The standard InChI is InChI=1S/C20H21ClN2O5/c1-13-6-4-5-7-16(13)28-12-19(25)23-22-18(24)9-8-14-10-15(21)20(27-3)17(11-14)26-2/h4-11H,12H2,1-3H3,(H,22,24)(H,23,25)/b9-8+. The van der Waals surface area contributed by atoms with Crippen molar-refractivity contribution in [1.82, 2.24) is 10.9 Å². The molecular weight excluding hydrogens is 384 g/mol. The van der Waals surface area contributed by atoms with E-state index >= 15 is 0 Å². The van der Waals surface area contributed by atoms with Crippen molar-refractivity contribution in [1.29, 1.82) is 0 Å². The number of amides is 2. The number of para-hydroxylation sites is 1. The zero-order chi connectivity index (χ0) is 20.5. The van der Waals surface area contributed by atoms with E-state index in [0.717, 1.165) is 5.56 Å². The van der Waals surface area contributed by atoms with E-state index in [1.165, 1.54) is 26.4 Å². The lowest BCUT2D eigenvalue weighted by atomic mass is 10.2. The number of aryl methyl sites for hydroxylation is 1. The maximum Gasteiger partial charge on any atom is 0.276 e. The number of carbonyl (C=O) groups excluding carboxylic acids is 2. The number of benzene rings is 2. The second-order valence-electron chi connectivity index (χ2n) is 5.66. The van der Waals surface area contributed by atoms with Crippen LogP contribution in [0, 0.1) is 6.92 Å². The lowest BCUT2D eigenvalue weighted by Gasteiger charge is -2.10. The van der Waals surface area contributed by atoms with E-state index in [-0.39, 0.29) is 6.61 Å². The molecule has 0 bridgehead atoms. The summed E-state index contributed by atoms with van der Waals surface area (Å²) in [5, 5.41) is 0.351. The summed E-state index contributed by atoms with van der Waals surface area (Å²) in [6, 6.07) is 10.6. The van der Waals surface area contributed by atoms with E-state index in [4.69, 9.17) is 25.8 Å². The van der Waals surface area contributed by atoms with Crippen LogP contribution in [0.2, 0.25) is 5.02 Å². The molecule has 0 aliphatic carbocycles. The van der Waals surface area contributed by atoms with Gasteiger partial charge in [0.15, 0.2) is 18.1 Å². The van der Waals surface area contributed by atoms with E-state index in [1.807, 2.05) is 25.1 Å². The highest BCUT2D eigenvalue weighted by Gasteiger charge is 2.10. The van der Waals surface area contributed by atoms with Crippen LogP contribution in [0.15, 0.2) is 42.5 Å².